The van der Waals surface area contributed by atoms with Crippen LogP contribution in [0.3, 0.4) is 0 Å². The van der Waals surface area contributed by atoms with Gasteiger partial charge in [-0.05, 0) is 38.5 Å². The Morgan fingerprint density at radius 2 is 2.27 bits per heavy atom. The summed E-state index contributed by atoms with van der Waals surface area (Å²) in [4.78, 5) is 4.06. The van der Waals surface area contributed by atoms with E-state index in [1.165, 1.54) is 0 Å². The molecular formula is C5H2BrIN4. The predicted octanol–water partition coefficient (Wildman–Crippen LogP) is 1.49. The summed E-state index contributed by atoms with van der Waals surface area (Å²) in [6, 6.07) is 0. The number of fused-ring (bicyclic) bond motifs is 1. The van der Waals surface area contributed by atoms with Crippen LogP contribution in [-0.2, 0) is 0 Å². The van der Waals surface area contributed by atoms with Gasteiger partial charge in [0.1, 0.15) is 3.70 Å². The first-order valence-corrected chi connectivity index (χ1v) is 4.67. The molecule has 0 fully saturated rings. The summed E-state index contributed by atoms with van der Waals surface area (Å²) < 4.78 is 3.38. The van der Waals surface area contributed by atoms with Crippen molar-refractivity contribution in [2.45, 2.75) is 0 Å². The summed E-state index contributed by atoms with van der Waals surface area (Å²) in [7, 11) is 0. The van der Waals surface area contributed by atoms with E-state index in [9.17, 15) is 0 Å². The average Bonchev–Trinajstić information content (AvgIpc) is 2.35. The van der Waals surface area contributed by atoms with Crippen LogP contribution in [0.2, 0.25) is 0 Å². The number of aromatic nitrogens is 4. The van der Waals surface area contributed by atoms with Gasteiger partial charge in [-0.3, -0.25) is 4.40 Å². The largest absolute Gasteiger partial charge is 0.273 e. The molecule has 0 spiro atoms. The summed E-state index contributed by atoms with van der Waals surface area (Å²) in [5.74, 6) is 0. The molecule has 0 atom stereocenters. The lowest BCUT2D eigenvalue weighted by Gasteiger charge is -1.92. The van der Waals surface area contributed by atoms with Crippen molar-refractivity contribution in [3.63, 3.8) is 0 Å². The highest BCUT2D eigenvalue weighted by Crippen LogP contribution is 2.12. The molecule has 0 aliphatic carbocycles. The van der Waals surface area contributed by atoms with Crippen molar-refractivity contribution in [1.29, 1.82) is 0 Å². The Morgan fingerprint density at radius 3 is 3.00 bits per heavy atom. The Balaban J connectivity index is 2.94. The quantitative estimate of drug-likeness (QED) is 0.690. The molecule has 0 bridgehead atoms. The van der Waals surface area contributed by atoms with E-state index >= 15 is 0 Å². The molecule has 6 heteroatoms. The zero-order chi connectivity index (χ0) is 7.84. The number of hydrogen-bond acceptors (Lipinski definition) is 3. The topological polar surface area (TPSA) is 43.1 Å². The Bertz CT molecular complexity index is 398. The molecule has 2 rings (SSSR count). The number of rotatable bonds is 0. The molecule has 0 saturated carbocycles. The van der Waals surface area contributed by atoms with E-state index in [1.54, 1.807) is 6.20 Å². The van der Waals surface area contributed by atoms with E-state index in [2.05, 4.69) is 53.7 Å². The highest BCUT2D eigenvalue weighted by molar-refractivity contribution is 14.1. The lowest BCUT2D eigenvalue weighted by Crippen LogP contribution is -1.89. The van der Waals surface area contributed by atoms with Crippen LogP contribution in [0.4, 0.5) is 0 Å². The number of nitrogens with zero attached hydrogens (tertiary/aromatic N) is 4. The molecule has 2 heterocycles. The minimum atomic E-state index is 0.702. The van der Waals surface area contributed by atoms with Crippen molar-refractivity contribution in [2.24, 2.45) is 0 Å². The summed E-state index contributed by atoms with van der Waals surface area (Å²) in [5, 5.41) is 7.76. The van der Waals surface area contributed by atoms with E-state index in [0.29, 0.717) is 4.73 Å². The average molecular weight is 325 g/mol. The molecule has 0 unspecified atom stereocenters. The maximum atomic E-state index is 4.06. The van der Waals surface area contributed by atoms with Crippen molar-refractivity contribution < 1.29 is 0 Å². The molecule has 0 aliphatic rings. The summed E-state index contributed by atoms with van der Waals surface area (Å²) in [6.07, 6.45) is 3.52. The first-order chi connectivity index (χ1) is 5.29. The Hall–Kier alpha value is -0.240. The zero-order valence-electron chi connectivity index (χ0n) is 5.20. The van der Waals surface area contributed by atoms with Crippen LogP contribution < -0.4 is 0 Å². The van der Waals surface area contributed by atoms with Gasteiger partial charge in [0.25, 0.3) is 0 Å². The van der Waals surface area contributed by atoms with Crippen LogP contribution in [0.15, 0.2) is 17.1 Å². The maximum absolute atomic E-state index is 4.06. The highest BCUT2D eigenvalue weighted by Gasteiger charge is 2.04. The molecule has 0 N–H and O–H groups in total. The standard InChI is InChI=1S/C5H2BrIN4/c6-5-10-9-4-3(7)8-1-2-11(4)5/h1-2H. The molecule has 11 heavy (non-hydrogen) atoms. The molecule has 0 saturated heterocycles. The SMILES string of the molecule is Brc1nnc2c(I)nccn12. The normalized spacial score (nSPS) is 10.7. The molecular weight excluding hydrogens is 323 g/mol. The maximum Gasteiger partial charge on any atom is 0.204 e. The van der Waals surface area contributed by atoms with E-state index < -0.39 is 0 Å². The number of halogens is 2. The third-order valence-corrected chi connectivity index (χ3v) is 2.54. The van der Waals surface area contributed by atoms with E-state index in [1.807, 2.05) is 10.6 Å². The van der Waals surface area contributed by atoms with E-state index in [4.69, 9.17) is 0 Å². The van der Waals surface area contributed by atoms with Crippen LogP contribution in [0.25, 0.3) is 5.65 Å². The van der Waals surface area contributed by atoms with Gasteiger partial charge in [-0.2, -0.15) is 0 Å². The van der Waals surface area contributed by atoms with Gasteiger partial charge in [0.2, 0.25) is 4.73 Å². The second-order valence-corrected chi connectivity index (χ2v) is 3.61. The highest BCUT2D eigenvalue weighted by atomic mass is 127. The molecule has 56 valence electrons. The van der Waals surface area contributed by atoms with Gasteiger partial charge in [0.15, 0.2) is 5.65 Å². The minimum absolute atomic E-state index is 0.702. The predicted molar refractivity (Wildman–Crippen MR) is 51.2 cm³/mol. The zero-order valence-corrected chi connectivity index (χ0v) is 8.94. The van der Waals surface area contributed by atoms with Gasteiger partial charge in [0, 0.05) is 12.4 Å². The van der Waals surface area contributed by atoms with Gasteiger partial charge >= 0.3 is 0 Å². The van der Waals surface area contributed by atoms with Gasteiger partial charge in [-0.25, -0.2) is 4.98 Å². The van der Waals surface area contributed by atoms with E-state index in [0.717, 1.165) is 9.35 Å². The second kappa shape index (κ2) is 2.67. The van der Waals surface area contributed by atoms with Crippen LogP contribution >= 0.6 is 38.5 Å². The van der Waals surface area contributed by atoms with Crippen molar-refractivity contribution in [3.8, 4) is 0 Å². The molecule has 2 aromatic heterocycles. The summed E-state index contributed by atoms with van der Waals surface area (Å²) >= 11 is 5.38. The Kier molecular flexibility index (Phi) is 1.80. The smallest absolute Gasteiger partial charge is 0.204 e. The Labute approximate surface area is 84.3 Å². The monoisotopic (exact) mass is 324 g/mol. The molecule has 0 amide bonds. The molecule has 0 radical (unpaired) electrons. The molecule has 0 aliphatic heterocycles. The van der Waals surface area contributed by atoms with Gasteiger partial charge in [0.05, 0.1) is 0 Å². The third kappa shape index (κ3) is 1.13. The second-order valence-electron chi connectivity index (χ2n) is 1.88. The van der Waals surface area contributed by atoms with Crippen molar-refractivity contribution >= 4 is 44.2 Å². The third-order valence-electron chi connectivity index (χ3n) is 1.24. The Morgan fingerprint density at radius 1 is 1.45 bits per heavy atom. The fourth-order valence-corrected chi connectivity index (χ4v) is 1.66. The van der Waals surface area contributed by atoms with Crippen molar-refractivity contribution in [1.82, 2.24) is 19.6 Å². The fourth-order valence-electron chi connectivity index (χ4n) is 0.768. The van der Waals surface area contributed by atoms with Crippen molar-refractivity contribution in [2.75, 3.05) is 0 Å². The summed E-state index contributed by atoms with van der Waals surface area (Å²) in [6.45, 7) is 0. The minimum Gasteiger partial charge on any atom is -0.273 e. The summed E-state index contributed by atoms with van der Waals surface area (Å²) in [5.41, 5.74) is 0.778. The van der Waals surface area contributed by atoms with Crippen LogP contribution in [0, 0.1) is 3.70 Å². The molecule has 0 aromatic carbocycles. The fraction of sp³-hybridized carbons (Fsp3) is 0. The van der Waals surface area contributed by atoms with Crippen LogP contribution in [0.5, 0.6) is 0 Å². The molecule has 4 nitrogen and oxygen atoms in total. The first kappa shape index (κ1) is 7.41. The van der Waals surface area contributed by atoms with Gasteiger partial charge in [-0.1, -0.05) is 0 Å². The van der Waals surface area contributed by atoms with Gasteiger partial charge < -0.3 is 0 Å². The van der Waals surface area contributed by atoms with Crippen LogP contribution in [-0.4, -0.2) is 19.6 Å². The first-order valence-electron chi connectivity index (χ1n) is 2.80. The van der Waals surface area contributed by atoms with Gasteiger partial charge in [-0.15, -0.1) is 10.2 Å². The lowest BCUT2D eigenvalue weighted by atomic mass is 10.7. The lowest BCUT2D eigenvalue weighted by molar-refractivity contribution is 1.05. The number of hydrogen-bond donors (Lipinski definition) is 0. The van der Waals surface area contributed by atoms with Crippen LogP contribution in [0.1, 0.15) is 0 Å². The molecule has 2 aromatic rings. The van der Waals surface area contributed by atoms with E-state index in [-0.39, 0.29) is 0 Å². The van der Waals surface area contributed by atoms with Crippen molar-refractivity contribution in [3.05, 3.63) is 20.8 Å².